The van der Waals surface area contributed by atoms with E-state index < -0.39 is 23.4 Å². The number of rotatable bonds is 5. The molecule has 43 heavy (non-hydrogen) atoms. The number of amides is 2. The van der Waals surface area contributed by atoms with Crippen LogP contribution in [0.3, 0.4) is 0 Å². The average Bonchev–Trinajstić information content (AvgIpc) is 3.22. The number of hydrogen-bond acceptors (Lipinski definition) is 5. The first-order valence-electron chi connectivity index (χ1n) is 13.6. The molecule has 12 heteroatoms. The third kappa shape index (κ3) is 8.92. The minimum absolute atomic E-state index is 0.0991. The second kappa shape index (κ2) is 12.9. The van der Waals surface area contributed by atoms with E-state index in [1.165, 1.54) is 0 Å². The number of aromatic nitrogens is 1. The van der Waals surface area contributed by atoms with Crippen LogP contribution in [0.15, 0.2) is 53.5 Å². The number of aromatic amines is 1. The Labute approximate surface area is 265 Å². The molecule has 0 bridgehead atoms. The molecule has 0 radical (unpaired) electrons. The Morgan fingerprint density at radius 3 is 2.19 bits per heavy atom. The van der Waals surface area contributed by atoms with E-state index in [-0.39, 0.29) is 12.5 Å². The Balaban J connectivity index is 1.59. The van der Waals surface area contributed by atoms with E-state index in [2.05, 4.69) is 32.0 Å². The van der Waals surface area contributed by atoms with Crippen molar-refractivity contribution in [2.75, 3.05) is 18.4 Å². The van der Waals surface area contributed by atoms with Gasteiger partial charge in [-0.3, -0.25) is 5.32 Å². The third-order valence-electron chi connectivity index (χ3n) is 5.88. The van der Waals surface area contributed by atoms with Crippen LogP contribution in [0.4, 0.5) is 15.3 Å². The van der Waals surface area contributed by atoms with Crippen LogP contribution >= 0.6 is 34.8 Å². The molecule has 0 spiro atoms. The van der Waals surface area contributed by atoms with Crippen molar-refractivity contribution in [3.63, 3.8) is 0 Å². The Morgan fingerprint density at radius 1 is 0.814 bits per heavy atom. The molecule has 4 aromatic rings. The quantitative estimate of drug-likeness (QED) is 0.0978. The molecule has 228 valence electrons. The van der Waals surface area contributed by atoms with Gasteiger partial charge in [0, 0.05) is 51.2 Å². The summed E-state index contributed by atoms with van der Waals surface area (Å²) in [5, 5.41) is 12.4. The summed E-state index contributed by atoms with van der Waals surface area (Å²) in [6.45, 7) is 11.0. The fraction of sp³-hybridized carbons (Fsp3) is 0.323. The van der Waals surface area contributed by atoms with Crippen molar-refractivity contribution in [2.45, 2.75) is 52.7 Å². The number of H-pyrrole nitrogens is 1. The Morgan fingerprint density at radius 2 is 1.51 bits per heavy atom. The van der Waals surface area contributed by atoms with Gasteiger partial charge in [-0.05, 0) is 89.6 Å². The van der Waals surface area contributed by atoms with Crippen LogP contribution in [0.5, 0.6) is 0 Å². The summed E-state index contributed by atoms with van der Waals surface area (Å²) in [7, 11) is 0. The standard InChI is InChI=1S/C31H34Cl3N5O4/c1-30(2,3)42-28(40)38-27(39-29(41)43-31(4,5)6)36-12-11-35-25-16-26-21(20-14-18(32)8-10-24(20)37-26)15-19(25)17-7-9-22(33)23(34)13-17/h7-10,13-16,35,37H,11-12H2,1-6H3,(H2,36,38,39,40,41). The summed E-state index contributed by atoms with van der Waals surface area (Å²) < 4.78 is 10.6. The van der Waals surface area contributed by atoms with E-state index in [4.69, 9.17) is 44.3 Å². The highest BCUT2D eigenvalue weighted by molar-refractivity contribution is 6.42. The highest BCUT2D eigenvalue weighted by Crippen LogP contribution is 2.38. The third-order valence-corrected chi connectivity index (χ3v) is 6.85. The van der Waals surface area contributed by atoms with Gasteiger partial charge in [-0.1, -0.05) is 40.9 Å². The van der Waals surface area contributed by atoms with Crippen LogP contribution in [0.1, 0.15) is 41.5 Å². The van der Waals surface area contributed by atoms with Crippen LogP contribution in [-0.2, 0) is 9.47 Å². The zero-order valence-electron chi connectivity index (χ0n) is 24.7. The number of hydrogen-bond donors (Lipinski definition) is 4. The SMILES string of the molecule is CC(C)(C)OC(=O)/N=C(\NCCNc1cc2[nH]c3ccc(Cl)cc3c2cc1-c1ccc(Cl)c(Cl)c1)NC(=O)OC(C)(C)C. The molecule has 4 N–H and O–H groups in total. The number of aliphatic imine (C=N–C) groups is 1. The molecule has 0 aliphatic carbocycles. The number of fused-ring (bicyclic) bond motifs is 3. The molecule has 0 aliphatic heterocycles. The molecule has 2 amide bonds. The second-order valence-corrected chi connectivity index (χ2v) is 13.1. The maximum Gasteiger partial charge on any atom is 0.437 e. The van der Waals surface area contributed by atoms with E-state index in [0.29, 0.717) is 21.6 Å². The number of carbonyl (C=O) groups excluding carboxylic acids is 2. The molecule has 0 unspecified atom stereocenters. The Kier molecular flexibility index (Phi) is 9.69. The van der Waals surface area contributed by atoms with Crippen LogP contribution in [0, 0.1) is 0 Å². The zero-order chi connectivity index (χ0) is 31.5. The number of carbonyl (C=O) groups is 2. The predicted octanol–water partition coefficient (Wildman–Crippen LogP) is 8.77. The van der Waals surface area contributed by atoms with Gasteiger partial charge >= 0.3 is 12.2 Å². The number of anilines is 1. The first-order valence-corrected chi connectivity index (χ1v) is 14.7. The molecule has 4 rings (SSSR count). The molecule has 0 aliphatic rings. The van der Waals surface area contributed by atoms with E-state index in [9.17, 15) is 9.59 Å². The van der Waals surface area contributed by atoms with Crippen molar-refractivity contribution in [2.24, 2.45) is 4.99 Å². The van der Waals surface area contributed by atoms with E-state index in [1.807, 2.05) is 36.4 Å². The number of nitrogens with one attached hydrogen (secondary N) is 4. The predicted molar refractivity (Wildman–Crippen MR) is 176 cm³/mol. The molecule has 1 aromatic heterocycles. The molecular formula is C31H34Cl3N5O4. The summed E-state index contributed by atoms with van der Waals surface area (Å²) in [6, 6.07) is 15.2. The molecule has 9 nitrogen and oxygen atoms in total. The average molecular weight is 647 g/mol. The van der Waals surface area contributed by atoms with Crippen LogP contribution in [-0.4, -0.2) is 47.4 Å². The van der Waals surface area contributed by atoms with E-state index in [1.54, 1.807) is 47.6 Å². The normalized spacial score (nSPS) is 12.3. The van der Waals surface area contributed by atoms with E-state index in [0.717, 1.165) is 38.6 Å². The van der Waals surface area contributed by atoms with Gasteiger partial charge in [0.2, 0.25) is 5.96 Å². The second-order valence-electron chi connectivity index (χ2n) is 11.8. The minimum atomic E-state index is -0.856. The number of benzene rings is 3. The summed E-state index contributed by atoms with van der Waals surface area (Å²) >= 11 is 18.9. The van der Waals surface area contributed by atoms with Crippen molar-refractivity contribution in [1.82, 2.24) is 15.6 Å². The first kappa shape index (κ1) is 32.3. The van der Waals surface area contributed by atoms with Crippen molar-refractivity contribution < 1.29 is 19.1 Å². The van der Waals surface area contributed by atoms with Gasteiger partial charge in [0.15, 0.2) is 0 Å². The summed E-state index contributed by atoms with van der Waals surface area (Å²) in [5.41, 5.74) is 2.94. The molecule has 0 fully saturated rings. The van der Waals surface area contributed by atoms with Crippen molar-refractivity contribution in [3.05, 3.63) is 63.6 Å². The largest absolute Gasteiger partial charge is 0.444 e. The fourth-order valence-electron chi connectivity index (χ4n) is 4.23. The molecule has 0 atom stereocenters. The Bertz CT molecular complexity index is 1700. The topological polar surface area (TPSA) is 117 Å². The molecule has 1 heterocycles. The molecule has 0 saturated heterocycles. The zero-order valence-corrected chi connectivity index (χ0v) is 27.0. The first-order chi connectivity index (χ1) is 20.1. The minimum Gasteiger partial charge on any atom is -0.444 e. The number of halogens is 3. The van der Waals surface area contributed by atoms with Gasteiger partial charge in [-0.15, -0.1) is 4.99 Å². The van der Waals surface area contributed by atoms with Crippen molar-refractivity contribution in [1.29, 1.82) is 0 Å². The lowest BCUT2D eigenvalue weighted by Gasteiger charge is -2.21. The lowest BCUT2D eigenvalue weighted by molar-refractivity contribution is 0.0560. The van der Waals surface area contributed by atoms with Gasteiger partial charge in [-0.2, -0.15) is 0 Å². The molecule has 3 aromatic carbocycles. The Hall–Kier alpha value is -3.66. The van der Waals surface area contributed by atoms with Crippen molar-refractivity contribution in [3.8, 4) is 11.1 Å². The lowest BCUT2D eigenvalue weighted by Crippen LogP contribution is -2.45. The highest BCUT2D eigenvalue weighted by Gasteiger charge is 2.20. The van der Waals surface area contributed by atoms with Crippen LogP contribution in [0.2, 0.25) is 15.1 Å². The summed E-state index contributed by atoms with van der Waals surface area (Å²) in [5.74, 6) is -0.0991. The molecule has 0 saturated carbocycles. The maximum atomic E-state index is 12.4. The van der Waals surface area contributed by atoms with Gasteiger partial charge < -0.3 is 25.1 Å². The van der Waals surface area contributed by atoms with Gasteiger partial charge in [0.25, 0.3) is 0 Å². The number of alkyl carbamates (subject to hydrolysis) is 1. The van der Waals surface area contributed by atoms with Crippen LogP contribution < -0.4 is 16.0 Å². The summed E-state index contributed by atoms with van der Waals surface area (Å²) in [6.07, 6.45) is -1.62. The fourth-order valence-corrected chi connectivity index (χ4v) is 4.70. The molecular weight excluding hydrogens is 613 g/mol. The van der Waals surface area contributed by atoms with Gasteiger partial charge in [0.05, 0.1) is 10.0 Å². The number of nitrogens with zero attached hydrogens (tertiary/aromatic N) is 1. The van der Waals surface area contributed by atoms with Gasteiger partial charge in [-0.25, -0.2) is 9.59 Å². The highest BCUT2D eigenvalue weighted by atomic mass is 35.5. The summed E-state index contributed by atoms with van der Waals surface area (Å²) in [4.78, 5) is 32.1. The number of guanidine groups is 1. The maximum absolute atomic E-state index is 12.4. The van der Waals surface area contributed by atoms with E-state index >= 15 is 0 Å². The van der Waals surface area contributed by atoms with Crippen molar-refractivity contribution >= 4 is 80.4 Å². The van der Waals surface area contributed by atoms with Crippen LogP contribution in [0.25, 0.3) is 32.9 Å². The number of ether oxygens (including phenoxy) is 2. The monoisotopic (exact) mass is 645 g/mol. The lowest BCUT2D eigenvalue weighted by atomic mass is 10.0. The smallest absolute Gasteiger partial charge is 0.437 e. The van der Waals surface area contributed by atoms with Gasteiger partial charge in [0.1, 0.15) is 11.2 Å².